The highest BCUT2D eigenvalue weighted by Gasteiger charge is 2.10. The molecule has 1 amide bonds. The highest BCUT2D eigenvalue weighted by atomic mass is 35.5. The molecular formula is C15H14Cl2N2OS. The van der Waals surface area contributed by atoms with Crippen LogP contribution in [0.15, 0.2) is 29.7 Å². The second kappa shape index (κ2) is 7.07. The van der Waals surface area contributed by atoms with Crippen molar-refractivity contribution in [1.82, 2.24) is 10.3 Å². The van der Waals surface area contributed by atoms with E-state index in [1.165, 1.54) is 6.08 Å². The number of aromatic nitrogens is 1. The molecule has 2 rings (SSSR count). The third kappa shape index (κ3) is 4.56. The summed E-state index contributed by atoms with van der Waals surface area (Å²) in [7, 11) is 0. The number of carbonyl (C=O) groups excluding carboxylic acids is 1. The van der Waals surface area contributed by atoms with Crippen molar-refractivity contribution in [2.24, 2.45) is 0 Å². The van der Waals surface area contributed by atoms with Gasteiger partial charge in [0, 0.05) is 11.5 Å². The number of benzene rings is 1. The Kier molecular flexibility index (Phi) is 5.39. The van der Waals surface area contributed by atoms with Crippen LogP contribution < -0.4 is 5.32 Å². The SMILES string of the molecule is Cc1nc(C(C)NC(=O)/C=C/c2ccc(Cl)c(Cl)c2)cs1. The largest absolute Gasteiger partial charge is 0.344 e. The predicted octanol–water partition coefficient (Wildman–Crippen LogP) is 4.65. The Hall–Kier alpha value is -1.36. The van der Waals surface area contributed by atoms with Gasteiger partial charge in [-0.3, -0.25) is 4.79 Å². The molecule has 3 nitrogen and oxygen atoms in total. The summed E-state index contributed by atoms with van der Waals surface area (Å²) in [6.07, 6.45) is 3.16. The van der Waals surface area contributed by atoms with E-state index in [1.54, 1.807) is 35.6 Å². The second-order valence-electron chi connectivity index (χ2n) is 4.53. The van der Waals surface area contributed by atoms with Crippen LogP contribution in [-0.4, -0.2) is 10.9 Å². The molecule has 1 atom stereocenters. The number of thiazole rings is 1. The first-order valence-corrected chi connectivity index (χ1v) is 7.95. The molecule has 1 aromatic carbocycles. The first-order valence-electron chi connectivity index (χ1n) is 6.31. The Bertz CT molecular complexity index is 682. The van der Waals surface area contributed by atoms with Crippen molar-refractivity contribution in [3.8, 4) is 0 Å². The zero-order valence-corrected chi connectivity index (χ0v) is 13.9. The summed E-state index contributed by atoms with van der Waals surface area (Å²) in [5.41, 5.74) is 1.69. The summed E-state index contributed by atoms with van der Waals surface area (Å²) in [5, 5.41) is 6.75. The number of aryl methyl sites for hydroxylation is 1. The zero-order valence-electron chi connectivity index (χ0n) is 11.6. The van der Waals surface area contributed by atoms with Gasteiger partial charge in [-0.25, -0.2) is 4.98 Å². The van der Waals surface area contributed by atoms with Gasteiger partial charge in [0.25, 0.3) is 0 Å². The van der Waals surface area contributed by atoms with Crippen molar-refractivity contribution in [3.05, 3.63) is 56.0 Å². The van der Waals surface area contributed by atoms with Crippen LogP contribution in [-0.2, 0) is 4.79 Å². The van der Waals surface area contributed by atoms with Crippen LogP contribution in [0.1, 0.15) is 29.2 Å². The smallest absolute Gasteiger partial charge is 0.244 e. The number of carbonyl (C=O) groups is 1. The molecule has 0 spiro atoms. The quantitative estimate of drug-likeness (QED) is 0.823. The Balaban J connectivity index is 1.97. The van der Waals surface area contributed by atoms with E-state index in [9.17, 15) is 4.79 Å². The van der Waals surface area contributed by atoms with Crippen molar-refractivity contribution in [1.29, 1.82) is 0 Å². The first-order chi connectivity index (χ1) is 9.95. The monoisotopic (exact) mass is 340 g/mol. The molecule has 21 heavy (non-hydrogen) atoms. The van der Waals surface area contributed by atoms with Crippen LogP contribution in [0.4, 0.5) is 0 Å². The van der Waals surface area contributed by atoms with Crippen molar-refractivity contribution >= 4 is 46.5 Å². The predicted molar refractivity (Wildman–Crippen MR) is 88.9 cm³/mol. The minimum Gasteiger partial charge on any atom is -0.344 e. The van der Waals surface area contributed by atoms with Crippen LogP contribution in [0.25, 0.3) is 6.08 Å². The Morgan fingerprint density at radius 3 is 2.76 bits per heavy atom. The molecule has 1 heterocycles. The van der Waals surface area contributed by atoms with E-state index in [2.05, 4.69) is 10.3 Å². The molecule has 0 aliphatic heterocycles. The van der Waals surface area contributed by atoms with E-state index >= 15 is 0 Å². The minimum atomic E-state index is -0.181. The fourth-order valence-corrected chi connectivity index (χ4v) is 2.72. The fourth-order valence-electron chi connectivity index (χ4n) is 1.70. The number of nitrogens with one attached hydrogen (secondary N) is 1. The van der Waals surface area contributed by atoms with Crippen LogP contribution in [0, 0.1) is 6.92 Å². The van der Waals surface area contributed by atoms with Gasteiger partial charge < -0.3 is 5.32 Å². The van der Waals surface area contributed by atoms with Gasteiger partial charge in [0.15, 0.2) is 0 Å². The summed E-state index contributed by atoms with van der Waals surface area (Å²) in [5.74, 6) is -0.181. The number of hydrogen-bond acceptors (Lipinski definition) is 3. The Labute approximate surface area is 137 Å². The fraction of sp³-hybridized carbons (Fsp3) is 0.200. The molecule has 2 aromatic rings. The highest BCUT2D eigenvalue weighted by molar-refractivity contribution is 7.09. The van der Waals surface area contributed by atoms with Gasteiger partial charge in [0.2, 0.25) is 5.91 Å². The lowest BCUT2D eigenvalue weighted by atomic mass is 10.2. The zero-order chi connectivity index (χ0) is 15.4. The molecule has 0 fully saturated rings. The van der Waals surface area contributed by atoms with Crippen LogP contribution in [0.3, 0.4) is 0 Å². The lowest BCUT2D eigenvalue weighted by Crippen LogP contribution is -2.24. The molecule has 1 N–H and O–H groups in total. The molecular weight excluding hydrogens is 327 g/mol. The lowest BCUT2D eigenvalue weighted by Gasteiger charge is -2.09. The molecule has 1 aromatic heterocycles. The van der Waals surface area contributed by atoms with E-state index in [4.69, 9.17) is 23.2 Å². The number of rotatable bonds is 4. The van der Waals surface area contributed by atoms with Gasteiger partial charge in [-0.1, -0.05) is 29.3 Å². The maximum atomic E-state index is 11.9. The van der Waals surface area contributed by atoms with E-state index in [0.717, 1.165) is 16.3 Å². The summed E-state index contributed by atoms with van der Waals surface area (Å²) in [6.45, 7) is 3.84. The Morgan fingerprint density at radius 1 is 1.38 bits per heavy atom. The third-order valence-electron chi connectivity index (χ3n) is 2.81. The summed E-state index contributed by atoms with van der Waals surface area (Å²) in [4.78, 5) is 16.2. The van der Waals surface area contributed by atoms with Crippen molar-refractivity contribution < 1.29 is 4.79 Å². The van der Waals surface area contributed by atoms with E-state index in [1.807, 2.05) is 19.2 Å². The highest BCUT2D eigenvalue weighted by Crippen LogP contribution is 2.23. The normalized spacial score (nSPS) is 12.6. The van der Waals surface area contributed by atoms with Crippen molar-refractivity contribution in [2.45, 2.75) is 19.9 Å². The number of amides is 1. The van der Waals surface area contributed by atoms with Gasteiger partial charge in [0.1, 0.15) is 0 Å². The molecule has 6 heteroatoms. The molecule has 0 aliphatic rings. The van der Waals surface area contributed by atoms with Gasteiger partial charge in [-0.05, 0) is 37.6 Å². The maximum Gasteiger partial charge on any atom is 0.244 e. The van der Waals surface area contributed by atoms with Crippen molar-refractivity contribution in [3.63, 3.8) is 0 Å². The summed E-state index contributed by atoms with van der Waals surface area (Å²) >= 11 is 13.3. The minimum absolute atomic E-state index is 0.124. The topological polar surface area (TPSA) is 42.0 Å². The van der Waals surface area contributed by atoms with Crippen LogP contribution in [0.5, 0.6) is 0 Å². The van der Waals surface area contributed by atoms with Gasteiger partial charge in [-0.2, -0.15) is 0 Å². The van der Waals surface area contributed by atoms with Gasteiger partial charge in [0.05, 0.1) is 26.8 Å². The first kappa shape index (κ1) is 16.0. The number of nitrogens with zero attached hydrogens (tertiary/aromatic N) is 1. The maximum absolute atomic E-state index is 11.9. The van der Waals surface area contributed by atoms with Crippen LogP contribution in [0.2, 0.25) is 10.0 Å². The molecule has 0 saturated carbocycles. The molecule has 0 saturated heterocycles. The molecule has 110 valence electrons. The van der Waals surface area contributed by atoms with Gasteiger partial charge >= 0.3 is 0 Å². The van der Waals surface area contributed by atoms with Crippen molar-refractivity contribution in [2.75, 3.05) is 0 Å². The average molecular weight is 341 g/mol. The second-order valence-corrected chi connectivity index (χ2v) is 6.41. The molecule has 0 aliphatic carbocycles. The molecule has 0 bridgehead atoms. The van der Waals surface area contributed by atoms with Crippen LogP contribution >= 0.6 is 34.5 Å². The number of halogens is 2. The standard InChI is InChI=1S/C15H14Cl2N2OS/c1-9(14-8-21-10(2)19-14)18-15(20)6-4-11-3-5-12(16)13(17)7-11/h3-9H,1-2H3,(H,18,20)/b6-4+. The summed E-state index contributed by atoms with van der Waals surface area (Å²) in [6, 6.07) is 5.08. The summed E-state index contributed by atoms with van der Waals surface area (Å²) < 4.78 is 0. The molecule has 0 radical (unpaired) electrons. The third-order valence-corrected chi connectivity index (χ3v) is 4.34. The lowest BCUT2D eigenvalue weighted by molar-refractivity contribution is -0.117. The Morgan fingerprint density at radius 2 is 2.14 bits per heavy atom. The van der Waals surface area contributed by atoms with E-state index in [0.29, 0.717) is 10.0 Å². The number of hydrogen-bond donors (Lipinski definition) is 1. The average Bonchev–Trinajstić information content (AvgIpc) is 2.87. The van der Waals surface area contributed by atoms with E-state index in [-0.39, 0.29) is 11.9 Å². The van der Waals surface area contributed by atoms with Gasteiger partial charge in [-0.15, -0.1) is 11.3 Å². The molecule has 1 unspecified atom stereocenters. The van der Waals surface area contributed by atoms with E-state index < -0.39 is 0 Å².